The first kappa shape index (κ1) is 15.7. The molecule has 0 aromatic heterocycles. The molecule has 1 aromatic carbocycles. The molecule has 1 amide bonds. The number of amides is 1. The predicted molar refractivity (Wildman–Crippen MR) is 72.1 cm³/mol. The fourth-order valence-electron chi connectivity index (χ4n) is 2.66. The third-order valence-electron chi connectivity index (χ3n) is 3.69. The molecular formula is C15H18F3NO2. The maximum absolute atomic E-state index is 12.4. The van der Waals surface area contributed by atoms with E-state index in [4.69, 9.17) is 0 Å². The van der Waals surface area contributed by atoms with E-state index in [1.165, 1.54) is 24.3 Å². The van der Waals surface area contributed by atoms with Crippen LogP contribution in [-0.2, 0) is 0 Å². The molecule has 1 unspecified atom stereocenters. The second kappa shape index (κ2) is 6.37. The molecule has 1 heterocycles. The number of benzene rings is 1. The van der Waals surface area contributed by atoms with Crippen LogP contribution in [0.1, 0.15) is 43.0 Å². The normalized spacial score (nSPS) is 19.4. The SMILES string of the molecule is CCC1CCCCN1C(=O)c1ccc(OC(F)(F)F)cc1. The summed E-state index contributed by atoms with van der Waals surface area (Å²) in [5.74, 6) is -0.440. The van der Waals surface area contributed by atoms with Crippen molar-refractivity contribution in [1.82, 2.24) is 4.90 Å². The Morgan fingerprint density at radius 2 is 1.95 bits per heavy atom. The summed E-state index contributed by atoms with van der Waals surface area (Å²) in [4.78, 5) is 14.3. The average molecular weight is 301 g/mol. The van der Waals surface area contributed by atoms with Gasteiger partial charge >= 0.3 is 6.36 Å². The zero-order valence-corrected chi connectivity index (χ0v) is 11.8. The maximum atomic E-state index is 12.4. The van der Waals surface area contributed by atoms with E-state index in [0.717, 1.165) is 25.7 Å². The first-order chi connectivity index (χ1) is 9.90. The summed E-state index contributed by atoms with van der Waals surface area (Å²) < 4.78 is 40.1. The second-order valence-electron chi connectivity index (χ2n) is 5.13. The van der Waals surface area contributed by atoms with Crippen LogP contribution in [0.5, 0.6) is 5.75 Å². The Hall–Kier alpha value is -1.72. The first-order valence-corrected chi connectivity index (χ1v) is 7.07. The van der Waals surface area contributed by atoms with Crippen molar-refractivity contribution in [2.24, 2.45) is 0 Å². The van der Waals surface area contributed by atoms with E-state index in [0.29, 0.717) is 12.1 Å². The lowest BCUT2D eigenvalue weighted by molar-refractivity contribution is -0.274. The Balaban J connectivity index is 2.08. The number of nitrogens with zero attached hydrogens (tertiary/aromatic N) is 1. The van der Waals surface area contributed by atoms with Gasteiger partial charge in [0.1, 0.15) is 5.75 Å². The molecule has 1 aromatic rings. The zero-order valence-electron chi connectivity index (χ0n) is 11.8. The molecule has 1 aliphatic rings. The number of carbonyl (C=O) groups is 1. The molecule has 0 N–H and O–H groups in total. The smallest absolute Gasteiger partial charge is 0.406 e. The van der Waals surface area contributed by atoms with E-state index in [2.05, 4.69) is 4.74 Å². The Morgan fingerprint density at radius 3 is 2.52 bits per heavy atom. The Labute approximate surface area is 121 Å². The van der Waals surface area contributed by atoms with Crippen LogP contribution in [0.2, 0.25) is 0 Å². The summed E-state index contributed by atoms with van der Waals surface area (Å²) in [5, 5.41) is 0. The highest BCUT2D eigenvalue weighted by atomic mass is 19.4. The first-order valence-electron chi connectivity index (χ1n) is 7.07. The number of ether oxygens (including phenoxy) is 1. The number of rotatable bonds is 3. The number of halogens is 3. The standard InChI is InChI=1S/C15H18F3NO2/c1-2-12-5-3-4-10-19(12)14(20)11-6-8-13(9-7-11)21-15(16,17)18/h6-9,12H,2-5,10H2,1H3. The topological polar surface area (TPSA) is 29.5 Å². The van der Waals surface area contributed by atoms with E-state index in [9.17, 15) is 18.0 Å². The molecule has 1 fully saturated rings. The lowest BCUT2D eigenvalue weighted by atomic mass is 9.99. The third-order valence-corrected chi connectivity index (χ3v) is 3.69. The average Bonchev–Trinajstić information content (AvgIpc) is 2.45. The fraction of sp³-hybridized carbons (Fsp3) is 0.533. The van der Waals surface area contributed by atoms with Gasteiger partial charge in [-0.3, -0.25) is 4.79 Å². The van der Waals surface area contributed by atoms with Crippen molar-refractivity contribution in [3.63, 3.8) is 0 Å². The van der Waals surface area contributed by atoms with Crippen LogP contribution < -0.4 is 4.74 Å². The van der Waals surface area contributed by atoms with Crippen LogP contribution in [0.3, 0.4) is 0 Å². The molecule has 2 rings (SSSR count). The van der Waals surface area contributed by atoms with Gasteiger partial charge in [0.25, 0.3) is 5.91 Å². The van der Waals surface area contributed by atoms with Crippen molar-refractivity contribution in [3.8, 4) is 5.75 Å². The molecule has 1 saturated heterocycles. The quantitative estimate of drug-likeness (QED) is 0.845. The van der Waals surface area contributed by atoms with Crippen LogP contribution in [0.15, 0.2) is 24.3 Å². The van der Waals surface area contributed by atoms with Crippen molar-refractivity contribution >= 4 is 5.91 Å². The summed E-state index contributed by atoms with van der Waals surface area (Å²) in [5.41, 5.74) is 0.393. The molecule has 1 atom stereocenters. The van der Waals surface area contributed by atoms with Crippen LogP contribution in [0.25, 0.3) is 0 Å². The summed E-state index contributed by atoms with van der Waals surface area (Å²) in [6, 6.07) is 5.32. The van der Waals surface area contributed by atoms with Gasteiger partial charge in [0.05, 0.1) is 0 Å². The lowest BCUT2D eigenvalue weighted by Gasteiger charge is -2.35. The van der Waals surface area contributed by atoms with Crippen molar-refractivity contribution in [1.29, 1.82) is 0 Å². The third kappa shape index (κ3) is 4.12. The molecule has 6 heteroatoms. The Bertz CT molecular complexity index is 485. The molecule has 116 valence electrons. The van der Waals surface area contributed by atoms with Gasteiger partial charge in [0, 0.05) is 18.2 Å². The Morgan fingerprint density at radius 1 is 1.29 bits per heavy atom. The van der Waals surface area contributed by atoms with Crippen molar-refractivity contribution in [2.45, 2.75) is 45.0 Å². The van der Waals surface area contributed by atoms with Crippen molar-refractivity contribution in [3.05, 3.63) is 29.8 Å². The number of hydrogen-bond acceptors (Lipinski definition) is 2. The second-order valence-corrected chi connectivity index (χ2v) is 5.13. The highest BCUT2D eigenvalue weighted by Gasteiger charge is 2.31. The van der Waals surface area contributed by atoms with Gasteiger partial charge in [-0.05, 0) is 49.9 Å². The molecule has 0 saturated carbocycles. The monoisotopic (exact) mass is 301 g/mol. The number of likely N-dealkylation sites (tertiary alicyclic amines) is 1. The summed E-state index contributed by atoms with van der Waals surface area (Å²) in [6.45, 7) is 2.74. The van der Waals surface area contributed by atoms with Crippen LogP contribution >= 0.6 is 0 Å². The molecule has 0 bridgehead atoms. The molecule has 0 spiro atoms. The van der Waals surface area contributed by atoms with E-state index in [-0.39, 0.29) is 17.7 Å². The maximum Gasteiger partial charge on any atom is 0.573 e. The molecule has 0 aliphatic carbocycles. The van der Waals surface area contributed by atoms with Gasteiger partial charge in [-0.15, -0.1) is 13.2 Å². The summed E-state index contributed by atoms with van der Waals surface area (Å²) >= 11 is 0. The van der Waals surface area contributed by atoms with Crippen LogP contribution in [0, 0.1) is 0 Å². The van der Waals surface area contributed by atoms with Crippen molar-refractivity contribution < 1.29 is 22.7 Å². The number of piperidine rings is 1. The minimum Gasteiger partial charge on any atom is -0.406 e. The van der Waals surface area contributed by atoms with Gasteiger partial charge in [-0.1, -0.05) is 6.92 Å². The lowest BCUT2D eigenvalue weighted by Crippen LogP contribution is -2.43. The van der Waals surface area contributed by atoms with E-state index in [1.807, 2.05) is 11.8 Å². The van der Waals surface area contributed by atoms with Crippen LogP contribution in [-0.4, -0.2) is 29.8 Å². The largest absolute Gasteiger partial charge is 0.573 e. The minimum absolute atomic E-state index is 0.125. The molecular weight excluding hydrogens is 283 g/mol. The van der Waals surface area contributed by atoms with Crippen molar-refractivity contribution in [2.75, 3.05) is 6.54 Å². The van der Waals surface area contributed by atoms with Gasteiger partial charge in [0.15, 0.2) is 0 Å². The number of hydrogen-bond donors (Lipinski definition) is 0. The molecule has 1 aliphatic heterocycles. The van der Waals surface area contributed by atoms with E-state index >= 15 is 0 Å². The van der Waals surface area contributed by atoms with Gasteiger partial charge < -0.3 is 9.64 Å². The predicted octanol–water partition coefficient (Wildman–Crippen LogP) is 3.99. The minimum atomic E-state index is -4.72. The highest BCUT2D eigenvalue weighted by molar-refractivity contribution is 5.94. The summed E-state index contributed by atoms with van der Waals surface area (Å²) in [7, 11) is 0. The molecule has 3 nitrogen and oxygen atoms in total. The van der Waals surface area contributed by atoms with E-state index < -0.39 is 6.36 Å². The van der Waals surface area contributed by atoms with Gasteiger partial charge in [-0.25, -0.2) is 0 Å². The van der Waals surface area contributed by atoms with Gasteiger partial charge in [0.2, 0.25) is 0 Å². The van der Waals surface area contributed by atoms with Crippen LogP contribution in [0.4, 0.5) is 13.2 Å². The van der Waals surface area contributed by atoms with Gasteiger partial charge in [-0.2, -0.15) is 0 Å². The highest BCUT2D eigenvalue weighted by Crippen LogP contribution is 2.25. The number of carbonyl (C=O) groups excluding carboxylic acids is 1. The molecule has 21 heavy (non-hydrogen) atoms. The Kier molecular flexibility index (Phi) is 4.75. The fourth-order valence-corrected chi connectivity index (χ4v) is 2.66. The summed E-state index contributed by atoms with van der Waals surface area (Å²) in [6.07, 6.45) is -0.762. The number of alkyl halides is 3. The molecule has 0 radical (unpaired) electrons. The zero-order chi connectivity index (χ0) is 15.5. The van der Waals surface area contributed by atoms with E-state index in [1.54, 1.807) is 0 Å².